The first-order valence-electron chi connectivity index (χ1n) is 6.03. The zero-order valence-electron chi connectivity index (χ0n) is 10.8. The largest absolute Gasteiger partial charge is 0.480 e. The van der Waals surface area contributed by atoms with Crippen LogP contribution >= 0.6 is 27.5 Å². The summed E-state index contributed by atoms with van der Waals surface area (Å²) in [5, 5.41) is 9.41. The lowest BCUT2D eigenvalue weighted by Crippen LogP contribution is -2.35. The van der Waals surface area contributed by atoms with E-state index >= 15 is 0 Å². The first-order valence-corrected chi connectivity index (χ1v) is 7.20. The number of carbonyl (C=O) groups excluding carboxylic acids is 1. The third-order valence-electron chi connectivity index (χ3n) is 2.77. The summed E-state index contributed by atoms with van der Waals surface area (Å²) in [7, 11) is 0. The Morgan fingerprint density at radius 1 is 1.14 bits per heavy atom. The minimum absolute atomic E-state index is 0.327. The molecule has 1 N–H and O–H groups in total. The van der Waals surface area contributed by atoms with Crippen LogP contribution in [0.2, 0.25) is 5.02 Å². The minimum Gasteiger partial charge on any atom is -0.480 e. The molecule has 21 heavy (non-hydrogen) atoms. The maximum absolute atomic E-state index is 12.5. The number of rotatable bonds is 4. The van der Waals surface area contributed by atoms with Crippen molar-refractivity contribution in [1.82, 2.24) is 0 Å². The molecule has 2 aromatic rings. The van der Waals surface area contributed by atoms with E-state index in [-0.39, 0.29) is 0 Å². The van der Waals surface area contributed by atoms with Crippen LogP contribution < -0.4 is 4.90 Å². The summed E-state index contributed by atoms with van der Waals surface area (Å²) in [4.78, 5) is 24.7. The maximum Gasteiger partial charge on any atom is 0.323 e. The highest BCUT2D eigenvalue weighted by molar-refractivity contribution is 9.10. The molecule has 2 rings (SSSR count). The Morgan fingerprint density at radius 2 is 1.81 bits per heavy atom. The molecule has 0 saturated heterocycles. The summed E-state index contributed by atoms with van der Waals surface area (Å²) in [6.45, 7) is -0.420. The van der Waals surface area contributed by atoms with Gasteiger partial charge in [-0.05, 0) is 46.3 Å². The number of benzene rings is 2. The molecule has 1 amide bonds. The van der Waals surface area contributed by atoms with E-state index in [0.717, 1.165) is 0 Å². The second-order valence-electron chi connectivity index (χ2n) is 4.25. The van der Waals surface area contributed by atoms with Crippen molar-refractivity contribution in [3.63, 3.8) is 0 Å². The molecule has 0 saturated carbocycles. The SMILES string of the molecule is O=C(O)CN(C(=O)c1ccc(Br)c(Cl)c1)c1ccccc1. The molecule has 0 radical (unpaired) electrons. The smallest absolute Gasteiger partial charge is 0.323 e. The number of aliphatic carboxylic acids is 1. The quantitative estimate of drug-likeness (QED) is 0.892. The van der Waals surface area contributed by atoms with E-state index < -0.39 is 18.4 Å². The van der Waals surface area contributed by atoms with Crippen molar-refractivity contribution in [2.45, 2.75) is 0 Å². The fraction of sp³-hybridized carbons (Fsp3) is 0.0667. The first kappa shape index (κ1) is 15.5. The molecule has 0 aromatic heterocycles. The summed E-state index contributed by atoms with van der Waals surface area (Å²) >= 11 is 9.23. The zero-order chi connectivity index (χ0) is 15.4. The number of halogens is 2. The van der Waals surface area contributed by atoms with E-state index in [4.69, 9.17) is 16.7 Å². The normalized spacial score (nSPS) is 10.2. The van der Waals surface area contributed by atoms with Gasteiger partial charge in [0.15, 0.2) is 0 Å². The van der Waals surface area contributed by atoms with E-state index in [1.165, 1.54) is 11.0 Å². The van der Waals surface area contributed by atoms with Gasteiger partial charge >= 0.3 is 5.97 Å². The molecule has 0 aliphatic rings. The van der Waals surface area contributed by atoms with Crippen LogP contribution in [0.1, 0.15) is 10.4 Å². The standard InChI is InChI=1S/C15H11BrClNO3/c16-12-7-6-10(8-13(12)17)15(21)18(9-14(19)20)11-4-2-1-3-5-11/h1-8H,9H2,(H,19,20). The molecule has 2 aromatic carbocycles. The van der Waals surface area contributed by atoms with Crippen molar-refractivity contribution in [1.29, 1.82) is 0 Å². The highest BCUT2D eigenvalue weighted by atomic mass is 79.9. The van der Waals surface area contributed by atoms with Gasteiger partial charge in [0, 0.05) is 15.7 Å². The average Bonchev–Trinajstić information content (AvgIpc) is 2.47. The van der Waals surface area contributed by atoms with E-state index in [2.05, 4.69) is 15.9 Å². The number of amides is 1. The first-order chi connectivity index (χ1) is 9.99. The number of carbonyl (C=O) groups is 2. The summed E-state index contributed by atoms with van der Waals surface area (Å²) in [5.41, 5.74) is 0.845. The predicted molar refractivity (Wildman–Crippen MR) is 84.9 cm³/mol. The molecule has 4 nitrogen and oxygen atoms in total. The molecule has 108 valence electrons. The van der Waals surface area contributed by atoms with Crippen LogP contribution in [0.5, 0.6) is 0 Å². The molecular weight excluding hydrogens is 358 g/mol. The fourth-order valence-corrected chi connectivity index (χ4v) is 2.24. The van der Waals surface area contributed by atoms with Gasteiger partial charge < -0.3 is 5.11 Å². The van der Waals surface area contributed by atoms with Gasteiger partial charge in [-0.25, -0.2) is 0 Å². The van der Waals surface area contributed by atoms with Gasteiger partial charge in [-0.2, -0.15) is 0 Å². The Labute approximate surface area is 135 Å². The number of para-hydroxylation sites is 1. The van der Waals surface area contributed by atoms with Crippen molar-refractivity contribution in [3.05, 3.63) is 63.6 Å². The number of carboxylic acids is 1. The van der Waals surface area contributed by atoms with Crippen molar-refractivity contribution in [3.8, 4) is 0 Å². The van der Waals surface area contributed by atoms with Crippen molar-refractivity contribution in [2.24, 2.45) is 0 Å². The molecule has 0 heterocycles. The molecule has 0 atom stereocenters. The van der Waals surface area contributed by atoms with Crippen molar-refractivity contribution < 1.29 is 14.7 Å². The van der Waals surface area contributed by atoms with Crippen molar-refractivity contribution >= 4 is 45.1 Å². The molecule has 0 spiro atoms. The monoisotopic (exact) mass is 367 g/mol. The highest BCUT2D eigenvalue weighted by Gasteiger charge is 2.20. The van der Waals surface area contributed by atoms with E-state index in [0.29, 0.717) is 20.7 Å². The van der Waals surface area contributed by atoms with E-state index in [1.807, 2.05) is 0 Å². The second kappa shape index (κ2) is 6.74. The van der Waals surface area contributed by atoms with Crippen LogP contribution in [0, 0.1) is 0 Å². The topological polar surface area (TPSA) is 57.6 Å². The lowest BCUT2D eigenvalue weighted by atomic mass is 10.1. The van der Waals surface area contributed by atoms with E-state index in [1.54, 1.807) is 42.5 Å². The van der Waals surface area contributed by atoms with Crippen LogP contribution in [0.3, 0.4) is 0 Å². The van der Waals surface area contributed by atoms with Crippen LogP contribution in [-0.4, -0.2) is 23.5 Å². The Kier molecular flexibility index (Phi) is 4.98. The van der Waals surface area contributed by atoms with Gasteiger partial charge in [-0.1, -0.05) is 29.8 Å². The van der Waals surface area contributed by atoms with Gasteiger partial charge in [-0.15, -0.1) is 0 Å². The predicted octanol–water partition coefficient (Wildman–Crippen LogP) is 3.83. The van der Waals surface area contributed by atoms with Crippen LogP contribution in [-0.2, 0) is 4.79 Å². The van der Waals surface area contributed by atoms with Crippen LogP contribution in [0.15, 0.2) is 53.0 Å². The third-order valence-corrected chi connectivity index (χ3v) is 4.01. The number of hydrogen-bond donors (Lipinski definition) is 1. The van der Waals surface area contributed by atoms with Crippen LogP contribution in [0.4, 0.5) is 5.69 Å². The zero-order valence-corrected chi connectivity index (χ0v) is 13.1. The van der Waals surface area contributed by atoms with E-state index in [9.17, 15) is 9.59 Å². The second-order valence-corrected chi connectivity index (χ2v) is 5.51. The summed E-state index contributed by atoms with van der Waals surface area (Å²) in [6.07, 6.45) is 0. The summed E-state index contributed by atoms with van der Waals surface area (Å²) in [5.74, 6) is -1.51. The Morgan fingerprint density at radius 3 is 2.38 bits per heavy atom. The molecular formula is C15H11BrClNO3. The average molecular weight is 369 g/mol. The Balaban J connectivity index is 2.38. The number of carboxylic acid groups (broad SMARTS) is 1. The number of anilines is 1. The lowest BCUT2D eigenvalue weighted by molar-refractivity contribution is -0.135. The van der Waals surface area contributed by atoms with Gasteiger partial charge in [0.1, 0.15) is 6.54 Å². The molecule has 6 heteroatoms. The lowest BCUT2D eigenvalue weighted by Gasteiger charge is -2.21. The van der Waals surface area contributed by atoms with Gasteiger partial charge in [0.25, 0.3) is 5.91 Å². The summed E-state index contributed by atoms with van der Waals surface area (Å²) in [6, 6.07) is 13.4. The van der Waals surface area contributed by atoms with Gasteiger partial charge in [0.05, 0.1) is 5.02 Å². The Bertz CT molecular complexity index is 676. The number of nitrogens with zero attached hydrogens (tertiary/aromatic N) is 1. The molecule has 0 unspecified atom stereocenters. The van der Waals surface area contributed by atoms with Crippen LogP contribution in [0.25, 0.3) is 0 Å². The molecule has 0 aliphatic carbocycles. The van der Waals surface area contributed by atoms with Gasteiger partial charge in [-0.3, -0.25) is 14.5 Å². The maximum atomic E-state index is 12.5. The summed E-state index contributed by atoms with van der Waals surface area (Å²) < 4.78 is 0.671. The minimum atomic E-state index is -1.09. The van der Waals surface area contributed by atoms with Gasteiger partial charge in [0.2, 0.25) is 0 Å². The highest BCUT2D eigenvalue weighted by Crippen LogP contribution is 2.25. The number of hydrogen-bond acceptors (Lipinski definition) is 2. The third kappa shape index (κ3) is 3.83. The van der Waals surface area contributed by atoms with Crippen molar-refractivity contribution in [2.75, 3.05) is 11.4 Å². The molecule has 0 aliphatic heterocycles. The fourth-order valence-electron chi connectivity index (χ4n) is 1.81. The Hall–Kier alpha value is -1.85. The molecule has 0 fully saturated rings. The molecule has 0 bridgehead atoms.